The molecule has 0 saturated carbocycles. The summed E-state index contributed by atoms with van der Waals surface area (Å²) in [6, 6.07) is 4.11. The van der Waals surface area contributed by atoms with Crippen molar-refractivity contribution < 1.29 is 38.6 Å². The van der Waals surface area contributed by atoms with E-state index in [2.05, 4.69) is 10.6 Å². The number of nitrogens with two attached hydrogens (primary N) is 1. The number of alkyl carbamates (subject to hydrolysis) is 1. The molecule has 1 aromatic carbocycles. The molecule has 0 spiro atoms. The lowest BCUT2D eigenvalue weighted by molar-refractivity contribution is -0.145. The quantitative estimate of drug-likeness (QED) is 0.273. The second kappa shape index (κ2) is 14.8. The molecule has 0 saturated heterocycles. The number of esters is 1. The van der Waals surface area contributed by atoms with Gasteiger partial charge in [0.05, 0.1) is 26.1 Å². The third kappa shape index (κ3) is 11.3. The molecule has 0 bridgehead atoms. The summed E-state index contributed by atoms with van der Waals surface area (Å²) in [5.41, 5.74) is 5.67. The number of hydrogen-bond donors (Lipinski definition) is 4. The normalized spacial score (nSPS) is 12.6. The van der Waals surface area contributed by atoms with E-state index in [0.717, 1.165) is 10.5 Å². The Morgan fingerprint density at radius 1 is 1.16 bits per heavy atom. The van der Waals surface area contributed by atoms with Gasteiger partial charge in [0, 0.05) is 13.1 Å². The van der Waals surface area contributed by atoms with Crippen LogP contribution in [0.1, 0.15) is 57.7 Å². The lowest BCUT2D eigenvalue weighted by Gasteiger charge is -2.34. The van der Waals surface area contributed by atoms with Gasteiger partial charge in [0.15, 0.2) is 0 Å². The van der Waals surface area contributed by atoms with Crippen LogP contribution in [0.3, 0.4) is 0 Å². The number of ether oxygens (including phenoxy) is 2. The molecule has 4 amide bonds. The number of nitrogens with one attached hydrogen (secondary N) is 2. The molecule has 0 radical (unpaired) electrons. The van der Waals surface area contributed by atoms with Gasteiger partial charge in [-0.05, 0) is 40.2 Å². The van der Waals surface area contributed by atoms with Crippen molar-refractivity contribution in [3.63, 3.8) is 0 Å². The zero-order valence-electron chi connectivity index (χ0n) is 22.0. The second-order valence-corrected chi connectivity index (χ2v) is 9.29. The van der Waals surface area contributed by atoms with Crippen LogP contribution >= 0.6 is 0 Å². The van der Waals surface area contributed by atoms with Crippen molar-refractivity contribution in [1.29, 1.82) is 0 Å². The van der Waals surface area contributed by atoms with E-state index >= 15 is 0 Å². The van der Waals surface area contributed by atoms with Gasteiger partial charge >= 0.3 is 12.1 Å². The van der Waals surface area contributed by atoms with Crippen molar-refractivity contribution in [2.45, 2.75) is 65.1 Å². The lowest BCUT2D eigenvalue weighted by Crippen LogP contribution is -2.54. The molecular weight excluding hydrogens is 484 g/mol. The number of hydrogen-bond acceptors (Lipinski definition) is 8. The summed E-state index contributed by atoms with van der Waals surface area (Å²) >= 11 is 0. The summed E-state index contributed by atoms with van der Waals surface area (Å²) in [6.07, 6.45) is -1.61. The first-order chi connectivity index (χ1) is 17.3. The van der Waals surface area contributed by atoms with Gasteiger partial charge in [0.2, 0.25) is 17.7 Å². The van der Waals surface area contributed by atoms with Gasteiger partial charge < -0.3 is 35.8 Å². The molecular formula is C25H38N4O8. The standard InChI is InChI=1S/C25H38N4O8/c1-6-36-20(32)10-11-27-22(33)21(17-9-7-8-16(2)14-17)29(12-13-30)23(34)18(15-19(26)31)28-24(35)37-25(3,4)5/h7-9,14,18,21,30H,6,10-13,15H2,1-5H3,(H2,26,31)(H,27,33)(H,28,35). The van der Waals surface area contributed by atoms with E-state index in [1.165, 1.54) is 0 Å². The molecule has 206 valence electrons. The molecule has 0 fully saturated rings. The van der Waals surface area contributed by atoms with Crippen molar-refractivity contribution >= 4 is 29.8 Å². The van der Waals surface area contributed by atoms with Crippen LogP contribution in [0.25, 0.3) is 0 Å². The average molecular weight is 523 g/mol. The molecule has 0 aliphatic heterocycles. The van der Waals surface area contributed by atoms with Crippen LogP contribution in [0, 0.1) is 6.92 Å². The number of primary amides is 1. The second-order valence-electron chi connectivity index (χ2n) is 9.29. The van der Waals surface area contributed by atoms with Crippen LogP contribution in [0.4, 0.5) is 4.79 Å². The zero-order valence-corrected chi connectivity index (χ0v) is 22.0. The summed E-state index contributed by atoms with van der Waals surface area (Å²) in [5.74, 6) is -2.83. The number of rotatable bonds is 13. The third-order valence-electron chi connectivity index (χ3n) is 4.87. The molecule has 0 aliphatic carbocycles. The molecule has 1 rings (SSSR count). The summed E-state index contributed by atoms with van der Waals surface area (Å²) in [7, 11) is 0. The number of amides is 4. The maximum Gasteiger partial charge on any atom is 0.408 e. The smallest absolute Gasteiger partial charge is 0.408 e. The number of aliphatic hydroxyl groups excluding tert-OH is 1. The number of carbonyl (C=O) groups is 5. The van der Waals surface area contributed by atoms with E-state index in [0.29, 0.717) is 5.56 Å². The zero-order chi connectivity index (χ0) is 28.2. The maximum atomic E-state index is 13.6. The van der Waals surface area contributed by atoms with E-state index < -0.39 is 60.5 Å². The van der Waals surface area contributed by atoms with E-state index in [4.69, 9.17) is 15.2 Å². The van der Waals surface area contributed by atoms with Gasteiger partial charge in [0.25, 0.3) is 0 Å². The van der Waals surface area contributed by atoms with Crippen LogP contribution in [0.5, 0.6) is 0 Å². The Balaban J connectivity index is 3.35. The van der Waals surface area contributed by atoms with Crippen LogP contribution < -0.4 is 16.4 Å². The summed E-state index contributed by atoms with van der Waals surface area (Å²) in [4.78, 5) is 63.8. The summed E-state index contributed by atoms with van der Waals surface area (Å²) in [6.45, 7) is 7.69. The number of aliphatic hydroxyl groups is 1. The van der Waals surface area contributed by atoms with E-state index in [1.807, 2.05) is 0 Å². The van der Waals surface area contributed by atoms with Crippen LogP contribution in [0.15, 0.2) is 24.3 Å². The van der Waals surface area contributed by atoms with Crippen molar-refractivity contribution in [2.75, 3.05) is 26.3 Å². The van der Waals surface area contributed by atoms with Crippen LogP contribution in [0.2, 0.25) is 0 Å². The summed E-state index contributed by atoms with van der Waals surface area (Å²) < 4.78 is 10.1. The SMILES string of the molecule is CCOC(=O)CCNC(=O)C(c1cccc(C)c1)N(CCO)C(=O)C(CC(N)=O)NC(=O)OC(C)(C)C. The first-order valence-corrected chi connectivity index (χ1v) is 12.0. The largest absolute Gasteiger partial charge is 0.466 e. The molecule has 0 aromatic heterocycles. The average Bonchev–Trinajstić information content (AvgIpc) is 2.76. The molecule has 0 heterocycles. The van der Waals surface area contributed by atoms with Crippen molar-refractivity contribution in [3.8, 4) is 0 Å². The Morgan fingerprint density at radius 2 is 1.84 bits per heavy atom. The molecule has 5 N–H and O–H groups in total. The Morgan fingerprint density at radius 3 is 2.38 bits per heavy atom. The molecule has 2 atom stereocenters. The highest BCUT2D eigenvalue weighted by molar-refractivity contribution is 5.94. The lowest BCUT2D eigenvalue weighted by atomic mass is 10.0. The molecule has 12 heteroatoms. The van der Waals surface area contributed by atoms with E-state index in [9.17, 15) is 29.1 Å². The molecule has 2 unspecified atom stereocenters. The number of carbonyl (C=O) groups excluding carboxylic acids is 5. The van der Waals surface area contributed by atoms with Crippen molar-refractivity contribution in [1.82, 2.24) is 15.5 Å². The van der Waals surface area contributed by atoms with Crippen LogP contribution in [-0.4, -0.2) is 77.7 Å². The highest BCUT2D eigenvalue weighted by Gasteiger charge is 2.36. The molecule has 12 nitrogen and oxygen atoms in total. The Labute approximate surface area is 216 Å². The number of aryl methyl sites for hydroxylation is 1. The van der Waals surface area contributed by atoms with Gasteiger partial charge in [-0.1, -0.05) is 29.8 Å². The molecule has 37 heavy (non-hydrogen) atoms. The van der Waals surface area contributed by atoms with E-state index in [-0.39, 0.29) is 26.1 Å². The Bertz CT molecular complexity index is 960. The fourth-order valence-electron chi connectivity index (χ4n) is 3.46. The minimum atomic E-state index is -1.46. The minimum Gasteiger partial charge on any atom is -0.466 e. The van der Waals surface area contributed by atoms with Gasteiger partial charge in [0.1, 0.15) is 17.7 Å². The first-order valence-electron chi connectivity index (χ1n) is 12.0. The number of benzene rings is 1. The Hall–Kier alpha value is -3.67. The maximum absolute atomic E-state index is 13.6. The van der Waals surface area contributed by atoms with Gasteiger partial charge in [-0.3, -0.25) is 19.2 Å². The molecule has 1 aromatic rings. The van der Waals surface area contributed by atoms with Crippen molar-refractivity contribution in [3.05, 3.63) is 35.4 Å². The first kappa shape index (κ1) is 31.4. The van der Waals surface area contributed by atoms with Crippen molar-refractivity contribution in [2.24, 2.45) is 5.73 Å². The fourth-order valence-corrected chi connectivity index (χ4v) is 3.46. The number of nitrogens with zero attached hydrogens (tertiary/aromatic N) is 1. The highest BCUT2D eigenvalue weighted by atomic mass is 16.6. The molecule has 0 aliphatic rings. The third-order valence-corrected chi connectivity index (χ3v) is 4.87. The van der Waals surface area contributed by atoms with Crippen LogP contribution in [-0.2, 0) is 28.7 Å². The minimum absolute atomic E-state index is 0.0536. The van der Waals surface area contributed by atoms with Gasteiger partial charge in [-0.25, -0.2) is 4.79 Å². The topological polar surface area (TPSA) is 177 Å². The fraction of sp³-hybridized carbons (Fsp3) is 0.560. The predicted molar refractivity (Wildman–Crippen MR) is 134 cm³/mol. The monoisotopic (exact) mass is 522 g/mol. The van der Waals surface area contributed by atoms with Gasteiger partial charge in [-0.2, -0.15) is 0 Å². The van der Waals surface area contributed by atoms with Gasteiger partial charge in [-0.15, -0.1) is 0 Å². The van der Waals surface area contributed by atoms with E-state index in [1.54, 1.807) is 58.9 Å². The predicted octanol–water partition coefficient (Wildman–Crippen LogP) is 0.695. The Kier molecular flexibility index (Phi) is 12.5. The highest BCUT2D eigenvalue weighted by Crippen LogP contribution is 2.24. The summed E-state index contributed by atoms with van der Waals surface area (Å²) in [5, 5.41) is 14.7.